The number of nitrogens with one attached hydrogen (secondary N) is 2. The van der Waals surface area contributed by atoms with E-state index in [4.69, 9.17) is 0 Å². The maximum absolute atomic E-state index is 13.2. The molecular weight excluding hydrogens is 257 g/mol. The Labute approximate surface area is 118 Å². The topological polar surface area (TPSA) is 44.4 Å². The fourth-order valence-corrected chi connectivity index (χ4v) is 3.20. The molecule has 5 heteroatoms. The normalized spacial score (nSPS) is 25.7. The number of nitrogens with zero attached hydrogens (tertiary/aromatic N) is 1. The van der Waals surface area contributed by atoms with Gasteiger partial charge in [-0.2, -0.15) is 0 Å². The molecule has 2 aliphatic rings. The number of benzene rings is 1. The first kappa shape index (κ1) is 13.5. The number of rotatable bonds is 3. The first-order valence-electron chi connectivity index (χ1n) is 7.11. The lowest BCUT2D eigenvalue weighted by Crippen LogP contribution is -2.33. The number of likely N-dealkylation sites (tertiary alicyclic amines) is 1. The van der Waals surface area contributed by atoms with Gasteiger partial charge in [0, 0.05) is 18.8 Å². The zero-order chi connectivity index (χ0) is 14.1. The Bertz CT molecular complexity index is 508. The van der Waals surface area contributed by atoms with Gasteiger partial charge in [-0.25, -0.2) is 4.39 Å². The predicted octanol–water partition coefficient (Wildman–Crippen LogP) is 1.22. The van der Waals surface area contributed by atoms with E-state index in [1.165, 1.54) is 12.1 Å². The first-order valence-corrected chi connectivity index (χ1v) is 7.11. The number of carbonyl (C=O) groups excluding carboxylic acids is 1. The highest BCUT2D eigenvalue weighted by Gasteiger charge is 2.36. The Hall–Kier alpha value is -1.46. The molecule has 108 valence electrons. The van der Waals surface area contributed by atoms with Gasteiger partial charge in [0.15, 0.2) is 0 Å². The second kappa shape index (κ2) is 5.50. The molecule has 1 amide bonds. The molecule has 0 radical (unpaired) electrons. The summed E-state index contributed by atoms with van der Waals surface area (Å²) in [6, 6.07) is 4.45. The van der Waals surface area contributed by atoms with E-state index in [1.54, 1.807) is 6.07 Å². The highest BCUT2D eigenvalue weighted by atomic mass is 19.1. The number of anilines is 1. The summed E-state index contributed by atoms with van der Waals surface area (Å²) in [4.78, 5) is 14.3. The summed E-state index contributed by atoms with van der Waals surface area (Å²) < 4.78 is 13.2. The van der Waals surface area contributed by atoms with Crippen LogP contribution in [-0.4, -0.2) is 43.5 Å². The Morgan fingerprint density at radius 3 is 2.80 bits per heavy atom. The second-order valence-electron chi connectivity index (χ2n) is 5.88. The standard InChI is InChI=1S/C15H20FN3O/c1-10-2-3-13(16)4-14(10)18-15(20)9-19-7-11-5-17-6-12(11)8-19/h2-4,11-12,17H,5-9H2,1H3,(H,18,20). The lowest BCUT2D eigenvalue weighted by atomic mass is 10.0. The van der Waals surface area contributed by atoms with E-state index >= 15 is 0 Å². The predicted molar refractivity (Wildman–Crippen MR) is 76.1 cm³/mol. The SMILES string of the molecule is Cc1ccc(F)cc1NC(=O)CN1CC2CNCC2C1. The number of halogens is 1. The van der Waals surface area contributed by atoms with Gasteiger partial charge in [0.1, 0.15) is 5.82 Å². The third kappa shape index (κ3) is 2.83. The Balaban J connectivity index is 1.56. The molecule has 0 spiro atoms. The van der Waals surface area contributed by atoms with Crippen LogP contribution >= 0.6 is 0 Å². The minimum atomic E-state index is -0.326. The summed E-state index contributed by atoms with van der Waals surface area (Å²) >= 11 is 0. The average molecular weight is 277 g/mol. The van der Waals surface area contributed by atoms with Crippen LogP contribution in [0.1, 0.15) is 5.56 Å². The highest BCUT2D eigenvalue weighted by molar-refractivity contribution is 5.93. The third-order valence-corrected chi connectivity index (χ3v) is 4.31. The Morgan fingerprint density at radius 1 is 1.40 bits per heavy atom. The van der Waals surface area contributed by atoms with Crippen LogP contribution < -0.4 is 10.6 Å². The molecule has 2 saturated heterocycles. The van der Waals surface area contributed by atoms with Gasteiger partial charge in [0.25, 0.3) is 0 Å². The summed E-state index contributed by atoms with van der Waals surface area (Å²) in [6.45, 7) is 6.34. The lowest BCUT2D eigenvalue weighted by Gasteiger charge is -2.17. The van der Waals surface area contributed by atoms with Crippen molar-refractivity contribution >= 4 is 11.6 Å². The second-order valence-corrected chi connectivity index (χ2v) is 5.88. The zero-order valence-electron chi connectivity index (χ0n) is 11.7. The molecule has 20 heavy (non-hydrogen) atoms. The summed E-state index contributed by atoms with van der Waals surface area (Å²) in [5.41, 5.74) is 1.44. The van der Waals surface area contributed by atoms with Crippen LogP contribution in [-0.2, 0) is 4.79 Å². The van der Waals surface area contributed by atoms with Gasteiger partial charge in [-0.3, -0.25) is 9.69 Å². The summed E-state index contributed by atoms with van der Waals surface area (Å²) in [5, 5.41) is 6.19. The molecule has 2 atom stereocenters. The maximum atomic E-state index is 13.2. The van der Waals surface area contributed by atoms with E-state index in [2.05, 4.69) is 15.5 Å². The third-order valence-electron chi connectivity index (χ3n) is 4.31. The van der Waals surface area contributed by atoms with Crippen LogP contribution in [0.4, 0.5) is 10.1 Å². The van der Waals surface area contributed by atoms with Crippen molar-refractivity contribution in [1.82, 2.24) is 10.2 Å². The molecular formula is C15H20FN3O. The number of amides is 1. The van der Waals surface area contributed by atoms with E-state index in [0.29, 0.717) is 24.1 Å². The summed E-state index contributed by atoms with van der Waals surface area (Å²) in [7, 11) is 0. The molecule has 0 bridgehead atoms. The monoisotopic (exact) mass is 277 g/mol. The Kier molecular flexibility index (Phi) is 3.72. The number of fused-ring (bicyclic) bond motifs is 1. The van der Waals surface area contributed by atoms with Gasteiger partial charge < -0.3 is 10.6 Å². The molecule has 0 aliphatic carbocycles. The minimum Gasteiger partial charge on any atom is -0.325 e. The van der Waals surface area contributed by atoms with Crippen molar-refractivity contribution in [3.63, 3.8) is 0 Å². The molecule has 0 aromatic heterocycles. The van der Waals surface area contributed by atoms with Gasteiger partial charge in [-0.05, 0) is 49.5 Å². The summed E-state index contributed by atoms with van der Waals surface area (Å²) in [5.74, 6) is 0.969. The molecule has 2 aliphatic heterocycles. The van der Waals surface area contributed by atoms with E-state index in [-0.39, 0.29) is 11.7 Å². The molecule has 2 unspecified atom stereocenters. The lowest BCUT2D eigenvalue weighted by molar-refractivity contribution is -0.117. The van der Waals surface area contributed by atoms with Crippen molar-refractivity contribution in [2.45, 2.75) is 6.92 Å². The van der Waals surface area contributed by atoms with Gasteiger partial charge >= 0.3 is 0 Å². The van der Waals surface area contributed by atoms with E-state index in [9.17, 15) is 9.18 Å². The van der Waals surface area contributed by atoms with E-state index in [0.717, 1.165) is 31.7 Å². The van der Waals surface area contributed by atoms with Crippen LogP contribution in [0.2, 0.25) is 0 Å². The van der Waals surface area contributed by atoms with Crippen LogP contribution in [0, 0.1) is 24.6 Å². The molecule has 2 heterocycles. The number of hydrogen-bond acceptors (Lipinski definition) is 3. The van der Waals surface area contributed by atoms with Gasteiger partial charge in [-0.1, -0.05) is 6.07 Å². The van der Waals surface area contributed by atoms with E-state index < -0.39 is 0 Å². The Morgan fingerprint density at radius 2 is 2.10 bits per heavy atom. The molecule has 3 rings (SSSR count). The van der Waals surface area contributed by atoms with Crippen LogP contribution in [0.3, 0.4) is 0 Å². The molecule has 4 nitrogen and oxygen atoms in total. The molecule has 1 aromatic carbocycles. The largest absolute Gasteiger partial charge is 0.325 e. The number of hydrogen-bond donors (Lipinski definition) is 2. The van der Waals surface area contributed by atoms with Crippen molar-refractivity contribution < 1.29 is 9.18 Å². The number of aryl methyl sites for hydroxylation is 1. The molecule has 0 saturated carbocycles. The fraction of sp³-hybridized carbons (Fsp3) is 0.533. The molecule has 2 N–H and O–H groups in total. The van der Waals surface area contributed by atoms with Crippen molar-refractivity contribution in [1.29, 1.82) is 0 Å². The van der Waals surface area contributed by atoms with Gasteiger partial charge in [0.2, 0.25) is 5.91 Å². The molecule has 2 fully saturated rings. The molecule has 1 aromatic rings. The quantitative estimate of drug-likeness (QED) is 0.873. The van der Waals surface area contributed by atoms with Crippen molar-refractivity contribution in [3.8, 4) is 0 Å². The minimum absolute atomic E-state index is 0.0633. The first-order chi connectivity index (χ1) is 9.61. The van der Waals surface area contributed by atoms with Gasteiger partial charge in [-0.15, -0.1) is 0 Å². The highest BCUT2D eigenvalue weighted by Crippen LogP contribution is 2.26. The van der Waals surface area contributed by atoms with Crippen LogP contribution in [0.15, 0.2) is 18.2 Å². The van der Waals surface area contributed by atoms with Crippen LogP contribution in [0.5, 0.6) is 0 Å². The van der Waals surface area contributed by atoms with E-state index in [1.807, 2.05) is 6.92 Å². The maximum Gasteiger partial charge on any atom is 0.238 e. The van der Waals surface area contributed by atoms with Crippen LogP contribution in [0.25, 0.3) is 0 Å². The summed E-state index contributed by atoms with van der Waals surface area (Å²) in [6.07, 6.45) is 0. The van der Waals surface area contributed by atoms with Crippen molar-refractivity contribution in [3.05, 3.63) is 29.6 Å². The zero-order valence-corrected chi connectivity index (χ0v) is 11.7. The average Bonchev–Trinajstić information content (AvgIpc) is 2.94. The van der Waals surface area contributed by atoms with Crippen molar-refractivity contribution in [2.24, 2.45) is 11.8 Å². The van der Waals surface area contributed by atoms with Crippen molar-refractivity contribution in [2.75, 3.05) is 38.0 Å². The smallest absolute Gasteiger partial charge is 0.238 e. The van der Waals surface area contributed by atoms with Gasteiger partial charge in [0.05, 0.1) is 6.54 Å². The number of carbonyl (C=O) groups is 1. The fourth-order valence-electron chi connectivity index (χ4n) is 3.20.